The largest absolute Gasteiger partial charge is 0.357 e. The number of rotatable bonds is 3. The molecule has 0 aliphatic heterocycles. The molecule has 0 saturated carbocycles. The first-order valence-electron chi connectivity index (χ1n) is 4.73. The first-order valence-corrected chi connectivity index (χ1v) is 4.73. The predicted molar refractivity (Wildman–Crippen MR) is 56.4 cm³/mol. The number of H-pyrrole nitrogens is 1. The second-order valence-electron chi connectivity index (χ2n) is 3.42. The molecule has 4 nitrogen and oxygen atoms in total. The molecule has 0 amide bonds. The van der Waals surface area contributed by atoms with Gasteiger partial charge in [-0.25, -0.2) is 9.95 Å². The monoisotopic (exact) mass is 204 g/mol. The van der Waals surface area contributed by atoms with Crippen LogP contribution in [-0.2, 0) is 6.42 Å². The first kappa shape index (κ1) is 9.73. The lowest BCUT2D eigenvalue weighted by Gasteiger charge is -2.07. The van der Waals surface area contributed by atoms with Crippen LogP contribution in [0.4, 0.5) is 0 Å². The van der Waals surface area contributed by atoms with E-state index in [1.165, 1.54) is 6.07 Å². The lowest BCUT2D eigenvalue weighted by atomic mass is 10.0. The average molecular weight is 204 g/mol. The summed E-state index contributed by atoms with van der Waals surface area (Å²) in [5.74, 6) is 0. The van der Waals surface area contributed by atoms with Crippen molar-refractivity contribution in [3.05, 3.63) is 58.1 Å². The summed E-state index contributed by atoms with van der Waals surface area (Å²) in [5.41, 5.74) is 7.28. The molecular formula is C11H12N2O2. The molecule has 0 unspecified atom stereocenters. The third-order valence-electron chi connectivity index (χ3n) is 2.24. The van der Waals surface area contributed by atoms with E-state index in [2.05, 4.69) is 9.68 Å². The molecule has 78 valence electrons. The van der Waals surface area contributed by atoms with Gasteiger partial charge in [0.2, 0.25) is 0 Å². The zero-order valence-electron chi connectivity index (χ0n) is 8.14. The topological polar surface area (TPSA) is 72.0 Å². The van der Waals surface area contributed by atoms with Gasteiger partial charge < -0.3 is 10.3 Å². The molecule has 0 spiro atoms. The van der Waals surface area contributed by atoms with Crippen LogP contribution in [0.3, 0.4) is 0 Å². The molecular weight excluding hydrogens is 192 g/mol. The quantitative estimate of drug-likeness (QED) is 0.789. The molecule has 1 heterocycles. The minimum Gasteiger partial charge on any atom is -0.339 e. The van der Waals surface area contributed by atoms with Gasteiger partial charge in [-0.1, -0.05) is 30.3 Å². The third kappa shape index (κ3) is 2.35. The van der Waals surface area contributed by atoms with Crippen molar-refractivity contribution < 1.29 is 4.52 Å². The van der Waals surface area contributed by atoms with E-state index in [0.29, 0.717) is 12.1 Å². The van der Waals surface area contributed by atoms with Crippen LogP contribution in [0.1, 0.15) is 17.3 Å². The number of hydrogen-bond acceptors (Lipinski definition) is 3. The number of benzene rings is 1. The van der Waals surface area contributed by atoms with Crippen molar-refractivity contribution in [1.29, 1.82) is 0 Å². The first-order chi connectivity index (χ1) is 7.25. The van der Waals surface area contributed by atoms with E-state index < -0.39 is 5.63 Å². The van der Waals surface area contributed by atoms with Crippen LogP contribution in [0, 0.1) is 0 Å². The maximum atomic E-state index is 10.8. The molecule has 0 fully saturated rings. The van der Waals surface area contributed by atoms with Crippen LogP contribution in [-0.4, -0.2) is 5.16 Å². The Morgan fingerprint density at radius 3 is 2.67 bits per heavy atom. The average Bonchev–Trinajstić information content (AvgIpc) is 2.66. The molecule has 2 rings (SSSR count). The highest BCUT2D eigenvalue weighted by Crippen LogP contribution is 2.12. The number of nitrogens with two attached hydrogens (primary N) is 1. The van der Waals surface area contributed by atoms with Gasteiger partial charge >= 0.3 is 5.63 Å². The Morgan fingerprint density at radius 1 is 1.33 bits per heavy atom. The second kappa shape index (κ2) is 4.14. The van der Waals surface area contributed by atoms with Gasteiger partial charge in [-0.05, 0) is 12.0 Å². The van der Waals surface area contributed by atoms with Gasteiger partial charge in [0, 0.05) is 6.07 Å². The SMILES string of the molecule is N[C@@H](Cc1ccccc1)c1cc(=O)o[nH]1. The molecule has 0 saturated heterocycles. The van der Waals surface area contributed by atoms with Crippen LogP contribution >= 0.6 is 0 Å². The van der Waals surface area contributed by atoms with E-state index in [4.69, 9.17) is 5.73 Å². The summed E-state index contributed by atoms with van der Waals surface area (Å²) in [7, 11) is 0. The second-order valence-corrected chi connectivity index (χ2v) is 3.42. The van der Waals surface area contributed by atoms with Crippen molar-refractivity contribution in [2.75, 3.05) is 0 Å². The predicted octanol–water partition coefficient (Wildman–Crippen LogP) is 1.21. The van der Waals surface area contributed by atoms with Gasteiger partial charge in [0.1, 0.15) is 0 Å². The highest BCUT2D eigenvalue weighted by Gasteiger charge is 2.09. The molecule has 3 N–H and O–H groups in total. The van der Waals surface area contributed by atoms with Crippen molar-refractivity contribution in [1.82, 2.24) is 5.16 Å². The fraction of sp³-hybridized carbons (Fsp3) is 0.182. The highest BCUT2D eigenvalue weighted by molar-refractivity contribution is 5.18. The summed E-state index contributed by atoms with van der Waals surface area (Å²) in [4.78, 5) is 10.8. The normalized spacial score (nSPS) is 12.6. The van der Waals surface area contributed by atoms with Crippen LogP contribution in [0.2, 0.25) is 0 Å². The smallest absolute Gasteiger partial charge is 0.339 e. The Morgan fingerprint density at radius 2 is 2.07 bits per heavy atom. The zero-order valence-corrected chi connectivity index (χ0v) is 8.14. The summed E-state index contributed by atoms with van der Waals surface area (Å²) < 4.78 is 4.56. The van der Waals surface area contributed by atoms with Gasteiger partial charge in [0.15, 0.2) is 0 Å². The summed E-state index contributed by atoms with van der Waals surface area (Å²) >= 11 is 0. The van der Waals surface area contributed by atoms with Crippen molar-refractivity contribution in [3.63, 3.8) is 0 Å². The molecule has 0 aliphatic carbocycles. The van der Waals surface area contributed by atoms with Gasteiger partial charge in [-0.3, -0.25) is 0 Å². The Labute approximate surface area is 86.7 Å². The maximum absolute atomic E-state index is 10.8. The van der Waals surface area contributed by atoms with Crippen molar-refractivity contribution in [3.8, 4) is 0 Å². The lowest BCUT2D eigenvalue weighted by Crippen LogP contribution is -2.13. The molecule has 2 aromatic rings. The Kier molecular flexibility index (Phi) is 2.69. The summed E-state index contributed by atoms with van der Waals surface area (Å²) in [6, 6.07) is 11.0. The highest BCUT2D eigenvalue weighted by atomic mass is 16.5. The summed E-state index contributed by atoms with van der Waals surface area (Å²) in [5, 5.41) is 2.51. The Hall–Kier alpha value is -1.81. The molecule has 1 atom stereocenters. The van der Waals surface area contributed by atoms with Gasteiger partial charge in [-0.15, -0.1) is 0 Å². The minimum absolute atomic E-state index is 0.237. The summed E-state index contributed by atoms with van der Waals surface area (Å²) in [6.07, 6.45) is 0.677. The van der Waals surface area contributed by atoms with Crippen LogP contribution < -0.4 is 11.4 Å². The van der Waals surface area contributed by atoms with Crippen molar-refractivity contribution in [2.45, 2.75) is 12.5 Å². The number of aromatic nitrogens is 1. The Balaban J connectivity index is 2.10. The molecule has 4 heteroatoms. The standard InChI is InChI=1S/C11H12N2O2/c12-9(10-7-11(14)15-13-10)6-8-4-2-1-3-5-8/h1-5,7,9,13H,6,12H2/t9-/m0/s1. The van der Waals surface area contributed by atoms with Crippen molar-refractivity contribution in [2.24, 2.45) is 5.73 Å². The minimum atomic E-state index is -0.395. The van der Waals surface area contributed by atoms with Gasteiger partial charge in [0.25, 0.3) is 0 Å². The van der Waals surface area contributed by atoms with Gasteiger partial charge in [-0.2, -0.15) is 0 Å². The van der Waals surface area contributed by atoms with E-state index >= 15 is 0 Å². The fourth-order valence-electron chi connectivity index (χ4n) is 1.46. The number of aromatic amines is 1. The third-order valence-corrected chi connectivity index (χ3v) is 2.24. The van der Waals surface area contributed by atoms with Crippen LogP contribution in [0.5, 0.6) is 0 Å². The van der Waals surface area contributed by atoms with Crippen molar-refractivity contribution >= 4 is 0 Å². The Bertz CT molecular complexity index is 473. The molecule has 15 heavy (non-hydrogen) atoms. The molecule has 0 bridgehead atoms. The maximum Gasteiger partial charge on any atom is 0.357 e. The van der Waals surface area contributed by atoms with E-state index in [0.717, 1.165) is 5.56 Å². The van der Waals surface area contributed by atoms with E-state index in [1.54, 1.807) is 0 Å². The molecule has 0 radical (unpaired) electrons. The van der Waals surface area contributed by atoms with Crippen LogP contribution in [0.25, 0.3) is 0 Å². The molecule has 0 aliphatic rings. The van der Waals surface area contributed by atoms with Crippen LogP contribution in [0.15, 0.2) is 45.7 Å². The molecule has 1 aromatic heterocycles. The molecule has 1 aromatic carbocycles. The van der Waals surface area contributed by atoms with Gasteiger partial charge in [0.05, 0.1) is 11.7 Å². The number of nitrogens with one attached hydrogen (secondary N) is 1. The van der Waals surface area contributed by atoms with E-state index in [-0.39, 0.29) is 6.04 Å². The lowest BCUT2D eigenvalue weighted by molar-refractivity contribution is 0.380. The zero-order chi connectivity index (χ0) is 10.7. The number of hydrogen-bond donors (Lipinski definition) is 2. The van der Waals surface area contributed by atoms with E-state index in [9.17, 15) is 4.79 Å². The van der Waals surface area contributed by atoms with E-state index in [1.807, 2.05) is 30.3 Å². The summed E-state index contributed by atoms with van der Waals surface area (Å²) in [6.45, 7) is 0. The fourth-order valence-corrected chi connectivity index (χ4v) is 1.46.